The Balaban J connectivity index is 2.19. The largest absolute Gasteiger partial charge is 0.456 e. The van der Waals surface area contributed by atoms with E-state index in [1.807, 2.05) is 80.6 Å². The number of thiol groups is 1. The van der Waals surface area contributed by atoms with E-state index in [2.05, 4.69) is 24.8 Å². The molecule has 27 heavy (non-hydrogen) atoms. The summed E-state index contributed by atoms with van der Waals surface area (Å²) in [6.45, 7) is 5.07. The van der Waals surface area contributed by atoms with Crippen molar-refractivity contribution in [2.45, 2.75) is 18.7 Å². The molecule has 0 atom stereocenters. The second-order valence-electron chi connectivity index (χ2n) is 5.92. The molecule has 3 rings (SSSR count). The topological polar surface area (TPSA) is 27.7 Å². The lowest BCUT2D eigenvalue weighted by Gasteiger charge is -2.32. The summed E-state index contributed by atoms with van der Waals surface area (Å²) in [5, 5.41) is 1.97. The quantitative estimate of drug-likeness (QED) is 0.452. The summed E-state index contributed by atoms with van der Waals surface area (Å²) in [5.41, 5.74) is 0. The van der Waals surface area contributed by atoms with Gasteiger partial charge in [0.05, 0.1) is 0 Å². The predicted molar refractivity (Wildman–Crippen MR) is 115 cm³/mol. The van der Waals surface area contributed by atoms with E-state index >= 15 is 0 Å². The Morgan fingerprint density at radius 1 is 0.741 bits per heavy atom. The maximum absolute atomic E-state index is 6.38. The van der Waals surface area contributed by atoms with Crippen LogP contribution in [0.2, 0.25) is 0 Å². The van der Waals surface area contributed by atoms with Crippen LogP contribution in [0.15, 0.2) is 83.8 Å². The van der Waals surface area contributed by atoms with Crippen LogP contribution in [-0.4, -0.2) is 21.8 Å². The normalized spacial score (nSPS) is 11.4. The van der Waals surface area contributed by atoms with Gasteiger partial charge in [0.15, 0.2) is 0 Å². The van der Waals surface area contributed by atoms with Crippen molar-refractivity contribution in [2.75, 3.05) is 13.2 Å². The number of rotatable bonds is 8. The fourth-order valence-corrected chi connectivity index (χ4v) is 6.72. The van der Waals surface area contributed by atoms with E-state index in [0.717, 1.165) is 21.0 Å². The summed E-state index contributed by atoms with van der Waals surface area (Å²) in [5.74, 6) is 1.44. The first-order chi connectivity index (χ1) is 13.2. The van der Waals surface area contributed by atoms with Crippen molar-refractivity contribution in [3.05, 3.63) is 78.9 Å². The van der Waals surface area contributed by atoms with E-state index in [1.165, 1.54) is 0 Å². The Bertz CT molecular complexity index is 850. The van der Waals surface area contributed by atoms with Gasteiger partial charge in [-0.2, -0.15) is 0 Å². The van der Waals surface area contributed by atoms with E-state index in [-0.39, 0.29) is 0 Å². The van der Waals surface area contributed by atoms with Gasteiger partial charge in [0, 0.05) is 23.3 Å². The number of para-hydroxylation sites is 2. The van der Waals surface area contributed by atoms with Crippen LogP contribution in [0.4, 0.5) is 0 Å². The van der Waals surface area contributed by atoms with Gasteiger partial charge in [0.25, 0.3) is 0 Å². The van der Waals surface area contributed by atoms with Crippen LogP contribution in [0.5, 0.6) is 11.5 Å². The zero-order valence-electron chi connectivity index (χ0n) is 15.6. The van der Waals surface area contributed by atoms with Crippen molar-refractivity contribution in [1.29, 1.82) is 0 Å². The summed E-state index contributed by atoms with van der Waals surface area (Å²) in [7, 11) is -2.95. The average Bonchev–Trinajstić information content (AvgIpc) is 2.71. The molecular formula is C22H24O3SSi. The third-order valence-corrected chi connectivity index (χ3v) is 8.10. The fraction of sp³-hybridized carbons (Fsp3) is 0.182. The molecule has 0 saturated heterocycles. The number of hydrogen-bond acceptors (Lipinski definition) is 4. The molecule has 0 heterocycles. The number of benzene rings is 3. The molecule has 0 radical (unpaired) electrons. The van der Waals surface area contributed by atoms with Crippen LogP contribution in [0.25, 0.3) is 0 Å². The van der Waals surface area contributed by atoms with Crippen molar-refractivity contribution in [1.82, 2.24) is 0 Å². The first-order valence-corrected chi connectivity index (χ1v) is 11.4. The molecule has 0 N–H and O–H groups in total. The maximum atomic E-state index is 6.38. The molecule has 0 saturated carbocycles. The zero-order chi connectivity index (χ0) is 19.1. The molecule has 0 aliphatic carbocycles. The van der Waals surface area contributed by atoms with Crippen molar-refractivity contribution >= 4 is 31.6 Å². The standard InChI is InChI=1S/C22H24O3SSi/c1-3-23-27(24-4-2,19-14-9-6-10-15-19)21-17-11-16-20(26)22(21)25-18-12-7-5-8-13-18/h5-17,26H,3-4H2,1-2H3. The Labute approximate surface area is 167 Å². The molecule has 0 bridgehead atoms. The van der Waals surface area contributed by atoms with Crippen LogP contribution < -0.4 is 15.1 Å². The summed E-state index contributed by atoms with van der Waals surface area (Å²) >= 11 is 4.66. The highest BCUT2D eigenvalue weighted by atomic mass is 32.1. The second kappa shape index (κ2) is 9.24. The van der Waals surface area contributed by atoms with E-state index in [1.54, 1.807) is 0 Å². The molecule has 0 aliphatic heterocycles. The first kappa shape index (κ1) is 19.7. The van der Waals surface area contributed by atoms with Crippen molar-refractivity contribution in [3.8, 4) is 11.5 Å². The molecule has 0 aliphatic rings. The SMILES string of the molecule is CCO[Si](OCC)(c1ccccc1)c1cccc(S)c1Oc1ccccc1. The minimum atomic E-state index is -2.95. The summed E-state index contributed by atoms with van der Waals surface area (Å²) in [4.78, 5) is 0.753. The number of hydrogen-bond donors (Lipinski definition) is 1. The smallest absolute Gasteiger partial charge is 0.410 e. The highest BCUT2D eigenvalue weighted by Gasteiger charge is 2.45. The van der Waals surface area contributed by atoms with Gasteiger partial charge in [-0.05, 0) is 37.2 Å². The van der Waals surface area contributed by atoms with E-state index in [4.69, 9.17) is 13.6 Å². The number of ether oxygens (including phenoxy) is 1. The van der Waals surface area contributed by atoms with E-state index in [0.29, 0.717) is 19.0 Å². The van der Waals surface area contributed by atoms with Crippen molar-refractivity contribution < 1.29 is 13.6 Å². The predicted octanol–water partition coefficient (Wildman–Crippen LogP) is 4.40. The Kier molecular flexibility index (Phi) is 6.74. The Hall–Kier alpha value is -2.05. The maximum Gasteiger partial charge on any atom is 0.410 e. The molecule has 3 nitrogen and oxygen atoms in total. The van der Waals surface area contributed by atoms with Gasteiger partial charge in [-0.1, -0.05) is 60.7 Å². The van der Waals surface area contributed by atoms with E-state index < -0.39 is 8.56 Å². The van der Waals surface area contributed by atoms with Gasteiger partial charge >= 0.3 is 8.56 Å². The molecule has 3 aromatic carbocycles. The van der Waals surface area contributed by atoms with Crippen molar-refractivity contribution in [2.24, 2.45) is 0 Å². The van der Waals surface area contributed by atoms with Gasteiger partial charge in [0.1, 0.15) is 11.5 Å². The molecule has 5 heteroatoms. The highest BCUT2D eigenvalue weighted by Crippen LogP contribution is 2.29. The molecule has 0 unspecified atom stereocenters. The lowest BCUT2D eigenvalue weighted by atomic mass is 10.3. The van der Waals surface area contributed by atoms with Gasteiger partial charge < -0.3 is 13.6 Å². The Morgan fingerprint density at radius 3 is 1.93 bits per heavy atom. The first-order valence-electron chi connectivity index (χ1n) is 9.10. The van der Waals surface area contributed by atoms with Crippen LogP contribution in [0.3, 0.4) is 0 Å². The van der Waals surface area contributed by atoms with Gasteiger partial charge in [-0.3, -0.25) is 0 Å². The van der Waals surface area contributed by atoms with Gasteiger partial charge in [-0.25, -0.2) is 0 Å². The Morgan fingerprint density at radius 2 is 1.33 bits per heavy atom. The molecular weight excluding hydrogens is 372 g/mol. The van der Waals surface area contributed by atoms with Crippen LogP contribution >= 0.6 is 12.6 Å². The lowest BCUT2D eigenvalue weighted by molar-refractivity contribution is 0.208. The summed E-state index contributed by atoms with van der Waals surface area (Å²) < 4.78 is 19.0. The van der Waals surface area contributed by atoms with Crippen molar-refractivity contribution in [3.63, 3.8) is 0 Å². The molecule has 0 fully saturated rings. The molecule has 3 aromatic rings. The molecule has 0 spiro atoms. The summed E-state index contributed by atoms with van der Waals surface area (Å²) in [6.07, 6.45) is 0. The third kappa shape index (κ3) is 4.27. The monoisotopic (exact) mass is 396 g/mol. The van der Waals surface area contributed by atoms with Crippen LogP contribution in [-0.2, 0) is 8.85 Å². The van der Waals surface area contributed by atoms with E-state index in [9.17, 15) is 0 Å². The summed E-state index contributed by atoms with van der Waals surface area (Å²) in [6, 6.07) is 25.8. The van der Waals surface area contributed by atoms with Gasteiger partial charge in [0.2, 0.25) is 0 Å². The van der Waals surface area contributed by atoms with Crippen LogP contribution in [0.1, 0.15) is 13.8 Å². The minimum absolute atomic E-state index is 0.544. The molecule has 140 valence electrons. The average molecular weight is 397 g/mol. The lowest BCUT2D eigenvalue weighted by Crippen LogP contribution is -2.63. The van der Waals surface area contributed by atoms with Crippen LogP contribution in [0, 0.1) is 0 Å². The second-order valence-corrected chi connectivity index (χ2v) is 9.33. The fourth-order valence-electron chi connectivity index (χ4n) is 3.08. The minimum Gasteiger partial charge on any atom is -0.456 e. The molecule has 0 aromatic heterocycles. The third-order valence-electron chi connectivity index (χ3n) is 4.16. The molecule has 0 amide bonds. The highest BCUT2D eigenvalue weighted by molar-refractivity contribution is 7.80. The van der Waals surface area contributed by atoms with Gasteiger partial charge in [-0.15, -0.1) is 12.6 Å². The zero-order valence-corrected chi connectivity index (χ0v) is 17.5.